The maximum absolute atomic E-state index is 2.25. The molecule has 0 radical (unpaired) electrons. The average Bonchev–Trinajstić information content (AvgIpc) is 2.59. The highest BCUT2D eigenvalue weighted by molar-refractivity contribution is 5.51. The van der Waals surface area contributed by atoms with Gasteiger partial charge in [0.15, 0.2) is 0 Å². The van der Waals surface area contributed by atoms with Gasteiger partial charge in [-0.1, -0.05) is 24.3 Å². The fourth-order valence-corrected chi connectivity index (χ4v) is 1.95. The van der Waals surface area contributed by atoms with Gasteiger partial charge in [-0.25, -0.2) is 0 Å². The van der Waals surface area contributed by atoms with Crippen LogP contribution in [0, 0.1) is 0 Å². The minimum Gasteiger partial charge on any atom is -0.0798 e. The van der Waals surface area contributed by atoms with Gasteiger partial charge in [0.2, 0.25) is 0 Å². The molecule has 0 unspecified atom stereocenters. The molecule has 12 heavy (non-hydrogen) atoms. The molecule has 2 aliphatic rings. The Kier molecular flexibility index (Phi) is 1.76. The van der Waals surface area contributed by atoms with Crippen LogP contribution in [0.5, 0.6) is 0 Å². The lowest BCUT2D eigenvalue weighted by Gasteiger charge is -2.06. The van der Waals surface area contributed by atoms with E-state index >= 15 is 0 Å². The van der Waals surface area contributed by atoms with Gasteiger partial charge < -0.3 is 0 Å². The zero-order chi connectivity index (χ0) is 8.55. The average molecular weight is 158 g/mol. The van der Waals surface area contributed by atoms with E-state index < -0.39 is 0 Å². The molecule has 0 heterocycles. The Hall–Kier alpha value is -1.04. The second-order valence-electron chi connectivity index (χ2n) is 3.54. The number of hydrogen-bond acceptors (Lipinski definition) is 0. The van der Waals surface area contributed by atoms with Crippen LogP contribution in [0.25, 0.3) is 0 Å². The van der Waals surface area contributed by atoms with E-state index in [9.17, 15) is 0 Å². The van der Waals surface area contributed by atoms with Crippen molar-refractivity contribution < 1.29 is 0 Å². The van der Waals surface area contributed by atoms with Crippen LogP contribution in [0.1, 0.15) is 26.7 Å². The van der Waals surface area contributed by atoms with Crippen molar-refractivity contribution in [2.75, 3.05) is 0 Å². The van der Waals surface area contributed by atoms with Gasteiger partial charge in [-0.3, -0.25) is 0 Å². The predicted octanol–water partition coefficient (Wildman–Crippen LogP) is 3.54. The lowest BCUT2D eigenvalue weighted by atomic mass is 9.98. The molecule has 0 saturated carbocycles. The van der Waals surface area contributed by atoms with E-state index in [0.29, 0.717) is 0 Å². The summed E-state index contributed by atoms with van der Waals surface area (Å²) in [6, 6.07) is 0. The molecule has 62 valence electrons. The van der Waals surface area contributed by atoms with Crippen molar-refractivity contribution >= 4 is 0 Å². The lowest BCUT2D eigenvalue weighted by Crippen LogP contribution is -1.87. The lowest BCUT2D eigenvalue weighted by molar-refractivity contribution is 1.14. The summed E-state index contributed by atoms with van der Waals surface area (Å²) in [4.78, 5) is 0. The van der Waals surface area contributed by atoms with Gasteiger partial charge in [-0.05, 0) is 49.0 Å². The Morgan fingerprint density at radius 2 is 1.25 bits per heavy atom. The van der Waals surface area contributed by atoms with Crippen LogP contribution in [0.4, 0.5) is 0 Å². The highest BCUT2D eigenvalue weighted by Crippen LogP contribution is 2.33. The van der Waals surface area contributed by atoms with Gasteiger partial charge in [0.05, 0.1) is 0 Å². The van der Waals surface area contributed by atoms with Crippen molar-refractivity contribution in [3.63, 3.8) is 0 Å². The first-order valence-electron chi connectivity index (χ1n) is 4.52. The van der Waals surface area contributed by atoms with Crippen molar-refractivity contribution in [3.05, 3.63) is 46.6 Å². The Balaban J connectivity index is 2.34. The van der Waals surface area contributed by atoms with Gasteiger partial charge in [0, 0.05) is 0 Å². The zero-order valence-electron chi connectivity index (χ0n) is 7.72. The van der Waals surface area contributed by atoms with Crippen molar-refractivity contribution in [2.24, 2.45) is 0 Å². The maximum Gasteiger partial charge on any atom is -0.00887 e. The van der Waals surface area contributed by atoms with E-state index in [0.717, 1.165) is 12.8 Å². The van der Waals surface area contributed by atoms with Crippen LogP contribution in [0.3, 0.4) is 0 Å². The molecule has 0 aromatic heterocycles. The topological polar surface area (TPSA) is 0 Å². The molecule has 0 aliphatic heterocycles. The molecule has 0 N–H and O–H groups in total. The zero-order valence-corrected chi connectivity index (χ0v) is 7.72. The molecule has 0 heteroatoms. The molecule has 0 aromatic carbocycles. The second kappa shape index (κ2) is 2.78. The molecule has 0 atom stereocenters. The minimum absolute atomic E-state index is 1.14. The summed E-state index contributed by atoms with van der Waals surface area (Å²) < 4.78 is 0. The molecule has 0 amide bonds. The summed E-state index contributed by atoms with van der Waals surface area (Å²) in [5, 5.41) is 0. The summed E-state index contributed by atoms with van der Waals surface area (Å²) in [6.07, 6.45) is 11.2. The van der Waals surface area contributed by atoms with Gasteiger partial charge in [0.1, 0.15) is 0 Å². The molecule has 0 aromatic rings. The van der Waals surface area contributed by atoms with Gasteiger partial charge in [-0.2, -0.15) is 0 Å². The van der Waals surface area contributed by atoms with E-state index in [4.69, 9.17) is 0 Å². The van der Waals surface area contributed by atoms with Crippen LogP contribution in [0.15, 0.2) is 46.6 Å². The third-order valence-corrected chi connectivity index (χ3v) is 2.70. The smallest absolute Gasteiger partial charge is 0.00887 e. The normalized spacial score (nSPS) is 21.8. The number of hydrogen-bond donors (Lipinski definition) is 0. The molecule has 2 aliphatic carbocycles. The summed E-state index contributed by atoms with van der Waals surface area (Å²) in [6.45, 7) is 4.41. The van der Waals surface area contributed by atoms with E-state index in [2.05, 4.69) is 38.2 Å². The van der Waals surface area contributed by atoms with Crippen molar-refractivity contribution in [1.82, 2.24) is 0 Å². The number of allylic oxidation sites excluding steroid dienone is 8. The molecule has 0 nitrogen and oxygen atoms in total. The monoisotopic (exact) mass is 158 g/mol. The fraction of sp³-hybridized carbons (Fsp3) is 0.333. The molecular formula is C12H14. The van der Waals surface area contributed by atoms with Crippen molar-refractivity contribution in [3.8, 4) is 0 Å². The Morgan fingerprint density at radius 3 is 1.50 bits per heavy atom. The van der Waals surface area contributed by atoms with Crippen molar-refractivity contribution in [2.45, 2.75) is 26.7 Å². The van der Waals surface area contributed by atoms with E-state index in [1.54, 1.807) is 11.1 Å². The van der Waals surface area contributed by atoms with Crippen LogP contribution in [-0.2, 0) is 0 Å². The van der Waals surface area contributed by atoms with Crippen LogP contribution >= 0.6 is 0 Å². The van der Waals surface area contributed by atoms with E-state index in [1.165, 1.54) is 11.1 Å². The van der Waals surface area contributed by atoms with E-state index in [-0.39, 0.29) is 0 Å². The Bertz CT molecular complexity index is 288. The summed E-state index contributed by atoms with van der Waals surface area (Å²) >= 11 is 0. The van der Waals surface area contributed by atoms with Gasteiger partial charge >= 0.3 is 0 Å². The van der Waals surface area contributed by atoms with Gasteiger partial charge in [0.25, 0.3) is 0 Å². The summed E-state index contributed by atoms with van der Waals surface area (Å²) in [5.41, 5.74) is 6.01. The summed E-state index contributed by atoms with van der Waals surface area (Å²) in [7, 11) is 0. The Labute approximate surface area is 74.0 Å². The first kappa shape index (κ1) is 7.60. The number of rotatable bonds is 1. The standard InChI is InChI=1S/C12H14/c1-9-5-3-7-11(9)12-8-4-6-10(12)2/h3-6H,7-8H2,1-2H3. The van der Waals surface area contributed by atoms with E-state index in [1.807, 2.05) is 0 Å². The first-order valence-corrected chi connectivity index (χ1v) is 4.52. The fourth-order valence-electron chi connectivity index (χ4n) is 1.95. The highest BCUT2D eigenvalue weighted by Gasteiger charge is 2.13. The van der Waals surface area contributed by atoms with Crippen LogP contribution in [-0.4, -0.2) is 0 Å². The molecule has 0 bridgehead atoms. The third kappa shape index (κ3) is 1.08. The summed E-state index contributed by atoms with van der Waals surface area (Å²) in [5.74, 6) is 0. The molecule has 0 saturated heterocycles. The SMILES string of the molecule is CC1=C(C2=C(C)C=CC2)CC=C1. The molecule has 0 fully saturated rings. The first-order chi connectivity index (χ1) is 5.79. The highest BCUT2D eigenvalue weighted by atomic mass is 14.2. The van der Waals surface area contributed by atoms with Crippen LogP contribution in [0.2, 0.25) is 0 Å². The minimum atomic E-state index is 1.14. The predicted molar refractivity (Wildman–Crippen MR) is 52.9 cm³/mol. The quantitative estimate of drug-likeness (QED) is 0.547. The van der Waals surface area contributed by atoms with Crippen LogP contribution < -0.4 is 0 Å². The third-order valence-electron chi connectivity index (χ3n) is 2.70. The molecule has 2 rings (SSSR count). The second-order valence-corrected chi connectivity index (χ2v) is 3.54. The van der Waals surface area contributed by atoms with Crippen molar-refractivity contribution in [1.29, 1.82) is 0 Å². The molecule has 0 spiro atoms. The van der Waals surface area contributed by atoms with Gasteiger partial charge in [-0.15, -0.1) is 0 Å². The Morgan fingerprint density at radius 1 is 0.833 bits per heavy atom. The maximum atomic E-state index is 2.25. The molecular weight excluding hydrogens is 144 g/mol. The largest absolute Gasteiger partial charge is 0.0798 e.